The van der Waals surface area contributed by atoms with E-state index in [0.29, 0.717) is 16.8 Å². The average molecular weight is 305 g/mol. The van der Waals surface area contributed by atoms with E-state index >= 15 is 0 Å². The van der Waals surface area contributed by atoms with E-state index in [1.165, 1.54) is 11.6 Å². The van der Waals surface area contributed by atoms with Crippen LogP contribution in [-0.2, 0) is 6.42 Å². The molecule has 110 valence electrons. The summed E-state index contributed by atoms with van der Waals surface area (Å²) in [6, 6.07) is 15.6. The second-order valence-electron chi connectivity index (χ2n) is 5.38. The summed E-state index contributed by atoms with van der Waals surface area (Å²) >= 11 is 5.82. The third kappa shape index (κ3) is 3.55. The predicted octanol–water partition coefficient (Wildman–Crippen LogP) is 3.50. The van der Waals surface area contributed by atoms with E-state index < -0.39 is 0 Å². The lowest BCUT2D eigenvalue weighted by atomic mass is 10.0. The molecule has 0 bridgehead atoms. The monoisotopic (exact) mass is 304 g/mol. The number of hydrogen-bond acceptors (Lipinski definition) is 2. The van der Waals surface area contributed by atoms with Crippen LogP contribution in [0.15, 0.2) is 48.5 Å². The molecule has 2 aromatic carbocycles. The molecular weight excluding hydrogens is 287 g/mol. The van der Waals surface area contributed by atoms with Gasteiger partial charge in [0.1, 0.15) is 5.82 Å². The number of halogens is 2. The first-order chi connectivity index (χ1) is 10.2. The van der Waals surface area contributed by atoms with Crippen LogP contribution in [-0.4, -0.2) is 25.7 Å². The smallest absolute Gasteiger partial charge is 0.147 e. The van der Waals surface area contributed by atoms with Crippen molar-refractivity contribution in [3.8, 4) is 0 Å². The summed E-state index contributed by atoms with van der Waals surface area (Å²) < 4.78 is 14.0. The highest BCUT2D eigenvalue weighted by molar-refractivity contribution is 6.30. The first-order valence-electron chi connectivity index (χ1n) is 7.20. The van der Waals surface area contributed by atoms with Crippen LogP contribution in [0.1, 0.15) is 5.56 Å². The van der Waals surface area contributed by atoms with E-state index in [4.69, 9.17) is 11.6 Å². The molecule has 3 rings (SSSR count). The van der Waals surface area contributed by atoms with Gasteiger partial charge in [0.15, 0.2) is 0 Å². The van der Waals surface area contributed by atoms with Crippen LogP contribution in [0.5, 0.6) is 0 Å². The predicted molar refractivity (Wildman–Crippen MR) is 85.6 cm³/mol. The minimum absolute atomic E-state index is 0.247. The molecule has 21 heavy (non-hydrogen) atoms. The first-order valence-corrected chi connectivity index (χ1v) is 7.57. The molecule has 0 aliphatic carbocycles. The molecule has 1 atom stereocenters. The highest BCUT2D eigenvalue weighted by atomic mass is 35.5. The van der Waals surface area contributed by atoms with Gasteiger partial charge in [0, 0.05) is 30.7 Å². The molecule has 0 saturated carbocycles. The maximum absolute atomic E-state index is 14.0. The van der Waals surface area contributed by atoms with Gasteiger partial charge in [-0.2, -0.15) is 0 Å². The second-order valence-corrected chi connectivity index (χ2v) is 5.82. The van der Waals surface area contributed by atoms with Gasteiger partial charge in [-0.25, -0.2) is 4.39 Å². The summed E-state index contributed by atoms with van der Waals surface area (Å²) in [5.74, 6) is -0.247. The maximum atomic E-state index is 14.0. The number of rotatable bonds is 3. The zero-order valence-electron chi connectivity index (χ0n) is 11.7. The molecule has 1 N–H and O–H groups in total. The van der Waals surface area contributed by atoms with Crippen LogP contribution >= 0.6 is 11.6 Å². The summed E-state index contributed by atoms with van der Waals surface area (Å²) in [4.78, 5) is 2.09. The Kier molecular flexibility index (Phi) is 4.42. The number of benzene rings is 2. The van der Waals surface area contributed by atoms with Gasteiger partial charge in [0.2, 0.25) is 0 Å². The molecule has 0 aromatic heterocycles. The second kappa shape index (κ2) is 6.46. The van der Waals surface area contributed by atoms with Crippen molar-refractivity contribution in [1.82, 2.24) is 5.32 Å². The third-order valence-electron chi connectivity index (χ3n) is 3.83. The normalized spacial score (nSPS) is 18.8. The molecule has 1 heterocycles. The van der Waals surface area contributed by atoms with Gasteiger partial charge in [-0.3, -0.25) is 0 Å². The van der Waals surface area contributed by atoms with E-state index in [1.54, 1.807) is 12.1 Å². The number of hydrogen-bond donors (Lipinski definition) is 1. The number of anilines is 1. The van der Waals surface area contributed by atoms with Gasteiger partial charge >= 0.3 is 0 Å². The van der Waals surface area contributed by atoms with E-state index in [0.717, 1.165) is 26.1 Å². The van der Waals surface area contributed by atoms with Crippen molar-refractivity contribution in [2.75, 3.05) is 24.5 Å². The largest absolute Gasteiger partial charge is 0.366 e. The number of nitrogens with one attached hydrogen (secondary N) is 1. The molecule has 0 spiro atoms. The summed E-state index contributed by atoms with van der Waals surface area (Å²) in [5.41, 5.74) is 1.94. The Morgan fingerprint density at radius 3 is 2.76 bits per heavy atom. The fourth-order valence-corrected chi connectivity index (χ4v) is 2.98. The Morgan fingerprint density at radius 1 is 1.19 bits per heavy atom. The van der Waals surface area contributed by atoms with Gasteiger partial charge in [-0.15, -0.1) is 0 Å². The standard InChI is InChI=1S/C17H18ClFN2/c18-14-6-7-17(16(19)11-14)21-9-8-20-15(12-21)10-13-4-2-1-3-5-13/h1-7,11,15,20H,8-10,12H2. The van der Waals surface area contributed by atoms with E-state index in [-0.39, 0.29) is 5.82 Å². The molecule has 0 radical (unpaired) electrons. The van der Waals surface area contributed by atoms with Crippen molar-refractivity contribution in [2.24, 2.45) is 0 Å². The fraction of sp³-hybridized carbons (Fsp3) is 0.294. The zero-order chi connectivity index (χ0) is 14.7. The molecule has 1 fully saturated rings. The van der Waals surface area contributed by atoms with Crippen molar-refractivity contribution in [1.29, 1.82) is 0 Å². The number of nitrogens with zero attached hydrogens (tertiary/aromatic N) is 1. The van der Waals surface area contributed by atoms with E-state index in [1.807, 2.05) is 6.07 Å². The molecule has 2 nitrogen and oxygen atoms in total. The molecular formula is C17H18ClFN2. The van der Waals surface area contributed by atoms with Gasteiger partial charge < -0.3 is 10.2 Å². The van der Waals surface area contributed by atoms with Crippen molar-refractivity contribution < 1.29 is 4.39 Å². The van der Waals surface area contributed by atoms with Crippen LogP contribution in [0.25, 0.3) is 0 Å². The molecule has 2 aromatic rings. The highest BCUT2D eigenvalue weighted by Gasteiger charge is 2.21. The Bertz CT molecular complexity index is 603. The Morgan fingerprint density at radius 2 is 2.00 bits per heavy atom. The minimum Gasteiger partial charge on any atom is -0.366 e. The van der Waals surface area contributed by atoms with Crippen molar-refractivity contribution in [3.63, 3.8) is 0 Å². The van der Waals surface area contributed by atoms with Gasteiger partial charge in [0.25, 0.3) is 0 Å². The molecule has 1 aliphatic rings. The van der Waals surface area contributed by atoms with Crippen molar-refractivity contribution in [3.05, 3.63) is 64.9 Å². The topological polar surface area (TPSA) is 15.3 Å². The Balaban J connectivity index is 1.71. The molecule has 1 aliphatic heterocycles. The van der Waals surface area contributed by atoms with E-state index in [9.17, 15) is 4.39 Å². The van der Waals surface area contributed by atoms with Crippen LogP contribution in [0.3, 0.4) is 0 Å². The molecule has 4 heteroatoms. The summed E-state index contributed by atoms with van der Waals surface area (Å²) in [6.45, 7) is 2.47. The quantitative estimate of drug-likeness (QED) is 0.933. The minimum atomic E-state index is -0.247. The SMILES string of the molecule is Fc1cc(Cl)ccc1N1CCNC(Cc2ccccc2)C1. The lowest BCUT2D eigenvalue weighted by molar-refractivity contribution is 0.450. The Hall–Kier alpha value is -1.58. The van der Waals surface area contributed by atoms with Crippen LogP contribution in [0.2, 0.25) is 5.02 Å². The van der Waals surface area contributed by atoms with E-state index in [2.05, 4.69) is 34.5 Å². The molecule has 0 amide bonds. The first kappa shape index (κ1) is 14.4. The fourth-order valence-electron chi connectivity index (χ4n) is 2.82. The summed E-state index contributed by atoms with van der Waals surface area (Å²) in [6.07, 6.45) is 0.951. The molecule has 1 saturated heterocycles. The van der Waals surface area contributed by atoms with Crippen molar-refractivity contribution in [2.45, 2.75) is 12.5 Å². The third-order valence-corrected chi connectivity index (χ3v) is 4.07. The Labute approximate surface area is 129 Å². The zero-order valence-corrected chi connectivity index (χ0v) is 12.5. The van der Waals surface area contributed by atoms with Crippen molar-refractivity contribution >= 4 is 17.3 Å². The summed E-state index contributed by atoms with van der Waals surface area (Å²) in [7, 11) is 0. The summed E-state index contributed by atoms with van der Waals surface area (Å²) in [5, 5.41) is 3.95. The van der Waals surface area contributed by atoms with Crippen LogP contribution in [0.4, 0.5) is 10.1 Å². The van der Waals surface area contributed by atoms with Gasteiger partial charge in [-0.1, -0.05) is 41.9 Å². The lowest BCUT2D eigenvalue weighted by Gasteiger charge is -2.35. The maximum Gasteiger partial charge on any atom is 0.147 e. The average Bonchev–Trinajstić information content (AvgIpc) is 2.48. The van der Waals surface area contributed by atoms with Gasteiger partial charge in [0.05, 0.1) is 5.69 Å². The number of piperazine rings is 1. The lowest BCUT2D eigenvalue weighted by Crippen LogP contribution is -2.51. The highest BCUT2D eigenvalue weighted by Crippen LogP contribution is 2.24. The van der Waals surface area contributed by atoms with Crippen LogP contribution in [0, 0.1) is 5.82 Å². The van der Waals surface area contributed by atoms with Gasteiger partial charge in [-0.05, 0) is 30.2 Å². The van der Waals surface area contributed by atoms with Crippen LogP contribution < -0.4 is 10.2 Å². The molecule has 1 unspecified atom stereocenters.